The molecule has 0 aliphatic carbocycles. The number of aromatic nitrogens is 2. The standard InChI is InChI=1S/C18H19N5O2S2/c24-15(3-6-19-16(25)13-4-11-26-12-13)22-7-9-23(10-8-22)18-21-14-2-1-5-20-17(14)27-18/h1-2,4-5,11-12H,3,6-10H2,(H,19,25). The minimum atomic E-state index is -0.127. The van der Waals surface area contributed by atoms with Gasteiger partial charge in [0.05, 0.1) is 0 Å². The van der Waals surface area contributed by atoms with E-state index in [4.69, 9.17) is 0 Å². The van der Waals surface area contributed by atoms with E-state index in [2.05, 4.69) is 20.2 Å². The number of anilines is 1. The number of nitrogens with one attached hydrogen (secondary N) is 1. The Labute approximate surface area is 164 Å². The highest BCUT2D eigenvalue weighted by molar-refractivity contribution is 7.21. The van der Waals surface area contributed by atoms with Crippen molar-refractivity contribution in [2.45, 2.75) is 6.42 Å². The summed E-state index contributed by atoms with van der Waals surface area (Å²) in [5, 5.41) is 7.42. The Morgan fingerprint density at radius 1 is 1.19 bits per heavy atom. The van der Waals surface area contributed by atoms with Crippen molar-refractivity contribution in [2.75, 3.05) is 37.6 Å². The SMILES string of the molecule is O=C(NCCC(=O)N1CCN(c2nc3cccnc3s2)CC1)c1ccsc1. The highest BCUT2D eigenvalue weighted by atomic mass is 32.1. The average Bonchev–Trinajstić information content (AvgIpc) is 3.37. The summed E-state index contributed by atoms with van der Waals surface area (Å²) in [4.78, 5) is 38.2. The van der Waals surface area contributed by atoms with Crippen LogP contribution in [0, 0.1) is 0 Å². The zero-order chi connectivity index (χ0) is 18.6. The van der Waals surface area contributed by atoms with E-state index < -0.39 is 0 Å². The Balaban J connectivity index is 1.25. The number of hydrogen-bond acceptors (Lipinski definition) is 7. The number of amides is 2. The Morgan fingerprint density at radius 2 is 2.04 bits per heavy atom. The number of thiophene rings is 1. The van der Waals surface area contributed by atoms with Gasteiger partial charge in [-0.1, -0.05) is 11.3 Å². The lowest BCUT2D eigenvalue weighted by atomic mass is 10.2. The van der Waals surface area contributed by atoms with Gasteiger partial charge in [-0.2, -0.15) is 11.3 Å². The van der Waals surface area contributed by atoms with Crippen LogP contribution in [0.3, 0.4) is 0 Å². The number of thiazole rings is 1. The number of pyridine rings is 1. The van der Waals surface area contributed by atoms with Crippen LogP contribution in [0.25, 0.3) is 10.3 Å². The van der Waals surface area contributed by atoms with Crippen LogP contribution in [0.15, 0.2) is 35.2 Å². The number of hydrogen-bond donors (Lipinski definition) is 1. The third-order valence-corrected chi connectivity index (χ3v) is 6.19. The van der Waals surface area contributed by atoms with Crippen LogP contribution in [-0.2, 0) is 4.79 Å². The molecule has 140 valence electrons. The second kappa shape index (κ2) is 8.01. The molecule has 4 heterocycles. The number of rotatable bonds is 5. The minimum absolute atomic E-state index is 0.0752. The largest absolute Gasteiger partial charge is 0.351 e. The zero-order valence-corrected chi connectivity index (χ0v) is 16.3. The van der Waals surface area contributed by atoms with Gasteiger partial charge in [-0.05, 0) is 23.6 Å². The number of fused-ring (bicyclic) bond motifs is 1. The molecule has 1 aliphatic heterocycles. The molecule has 0 saturated carbocycles. The predicted molar refractivity (Wildman–Crippen MR) is 107 cm³/mol. The molecule has 3 aromatic rings. The first kappa shape index (κ1) is 17.9. The first-order chi connectivity index (χ1) is 13.2. The van der Waals surface area contributed by atoms with Gasteiger partial charge in [0.2, 0.25) is 5.91 Å². The van der Waals surface area contributed by atoms with E-state index in [-0.39, 0.29) is 11.8 Å². The van der Waals surface area contributed by atoms with Crippen molar-refractivity contribution in [1.82, 2.24) is 20.2 Å². The fourth-order valence-corrected chi connectivity index (χ4v) is 4.57. The third-order valence-electron chi connectivity index (χ3n) is 4.47. The van der Waals surface area contributed by atoms with E-state index in [0.29, 0.717) is 31.6 Å². The van der Waals surface area contributed by atoms with Crippen LogP contribution < -0.4 is 10.2 Å². The first-order valence-electron chi connectivity index (χ1n) is 8.75. The molecular weight excluding hydrogens is 382 g/mol. The Hall–Kier alpha value is -2.52. The van der Waals surface area contributed by atoms with Crippen LogP contribution in [0.5, 0.6) is 0 Å². The molecular formula is C18H19N5O2S2. The lowest BCUT2D eigenvalue weighted by Crippen LogP contribution is -2.49. The molecule has 0 spiro atoms. The molecule has 9 heteroatoms. The van der Waals surface area contributed by atoms with Gasteiger partial charge in [-0.3, -0.25) is 9.59 Å². The maximum absolute atomic E-state index is 12.4. The van der Waals surface area contributed by atoms with E-state index in [1.807, 2.05) is 22.4 Å². The molecule has 0 atom stereocenters. The summed E-state index contributed by atoms with van der Waals surface area (Å²) in [5.41, 5.74) is 1.56. The summed E-state index contributed by atoms with van der Waals surface area (Å²) < 4.78 is 0. The quantitative estimate of drug-likeness (QED) is 0.709. The van der Waals surface area contributed by atoms with Crippen molar-refractivity contribution in [1.29, 1.82) is 0 Å². The van der Waals surface area contributed by atoms with Crippen LogP contribution in [0.4, 0.5) is 5.13 Å². The van der Waals surface area contributed by atoms with E-state index in [1.165, 1.54) is 11.3 Å². The molecule has 2 amide bonds. The third kappa shape index (κ3) is 4.09. The molecule has 4 rings (SSSR count). The monoisotopic (exact) mass is 401 g/mol. The van der Waals surface area contributed by atoms with Gasteiger partial charge in [0, 0.05) is 56.3 Å². The molecule has 27 heavy (non-hydrogen) atoms. The Morgan fingerprint density at radius 3 is 2.78 bits per heavy atom. The van der Waals surface area contributed by atoms with Gasteiger partial charge >= 0.3 is 0 Å². The summed E-state index contributed by atoms with van der Waals surface area (Å²) in [6.45, 7) is 3.21. The van der Waals surface area contributed by atoms with Crippen molar-refractivity contribution < 1.29 is 9.59 Å². The molecule has 3 aromatic heterocycles. The van der Waals surface area contributed by atoms with Gasteiger partial charge in [0.25, 0.3) is 5.91 Å². The van der Waals surface area contributed by atoms with Gasteiger partial charge in [0.15, 0.2) is 5.13 Å². The Kier molecular flexibility index (Phi) is 5.30. The molecule has 1 fully saturated rings. The minimum Gasteiger partial charge on any atom is -0.351 e. The molecule has 0 radical (unpaired) electrons. The summed E-state index contributed by atoms with van der Waals surface area (Å²) in [6, 6.07) is 5.63. The summed E-state index contributed by atoms with van der Waals surface area (Å²) in [5.74, 6) is -0.0513. The summed E-state index contributed by atoms with van der Waals surface area (Å²) >= 11 is 3.06. The van der Waals surface area contributed by atoms with E-state index >= 15 is 0 Å². The van der Waals surface area contributed by atoms with E-state index in [1.54, 1.807) is 29.0 Å². The van der Waals surface area contributed by atoms with E-state index in [9.17, 15) is 9.59 Å². The summed E-state index contributed by atoms with van der Waals surface area (Å²) in [7, 11) is 0. The van der Waals surface area contributed by atoms with Crippen LogP contribution in [-0.4, -0.2) is 59.4 Å². The van der Waals surface area contributed by atoms with Crippen molar-refractivity contribution in [2.24, 2.45) is 0 Å². The second-order valence-corrected chi connectivity index (χ2v) is 7.95. The molecule has 1 N–H and O–H groups in total. The van der Waals surface area contributed by atoms with Crippen molar-refractivity contribution >= 4 is 50.0 Å². The highest BCUT2D eigenvalue weighted by Crippen LogP contribution is 2.27. The topological polar surface area (TPSA) is 78.4 Å². The molecule has 1 aliphatic rings. The lowest BCUT2D eigenvalue weighted by molar-refractivity contribution is -0.131. The average molecular weight is 402 g/mol. The van der Waals surface area contributed by atoms with Crippen molar-refractivity contribution in [3.8, 4) is 0 Å². The molecule has 0 aromatic carbocycles. The maximum atomic E-state index is 12.4. The lowest BCUT2D eigenvalue weighted by Gasteiger charge is -2.34. The van der Waals surface area contributed by atoms with Gasteiger partial charge in [-0.25, -0.2) is 9.97 Å². The van der Waals surface area contributed by atoms with Gasteiger partial charge < -0.3 is 15.1 Å². The molecule has 1 saturated heterocycles. The number of carbonyl (C=O) groups is 2. The molecule has 7 nitrogen and oxygen atoms in total. The van der Waals surface area contributed by atoms with Gasteiger partial charge in [0.1, 0.15) is 10.3 Å². The first-order valence-corrected chi connectivity index (χ1v) is 10.5. The Bertz CT molecular complexity index is 899. The zero-order valence-electron chi connectivity index (χ0n) is 14.6. The molecule has 0 unspecified atom stereocenters. The smallest absolute Gasteiger partial charge is 0.252 e. The highest BCUT2D eigenvalue weighted by Gasteiger charge is 2.23. The second-order valence-electron chi connectivity index (χ2n) is 6.21. The van der Waals surface area contributed by atoms with Gasteiger partial charge in [-0.15, -0.1) is 0 Å². The van der Waals surface area contributed by atoms with Crippen LogP contribution in [0.1, 0.15) is 16.8 Å². The molecule has 0 bridgehead atoms. The van der Waals surface area contributed by atoms with Crippen LogP contribution in [0.2, 0.25) is 0 Å². The fraction of sp³-hybridized carbons (Fsp3) is 0.333. The van der Waals surface area contributed by atoms with E-state index in [0.717, 1.165) is 28.6 Å². The number of carbonyl (C=O) groups excluding carboxylic acids is 2. The number of nitrogens with zero attached hydrogens (tertiary/aromatic N) is 4. The number of piperazine rings is 1. The van der Waals surface area contributed by atoms with Crippen LogP contribution >= 0.6 is 22.7 Å². The van der Waals surface area contributed by atoms with Crippen molar-refractivity contribution in [3.63, 3.8) is 0 Å². The fourth-order valence-electron chi connectivity index (χ4n) is 2.98. The predicted octanol–water partition coefficient (Wildman–Crippen LogP) is 2.22. The summed E-state index contributed by atoms with van der Waals surface area (Å²) in [6.07, 6.45) is 2.10. The maximum Gasteiger partial charge on any atom is 0.252 e. The normalized spacial score (nSPS) is 14.5. The van der Waals surface area contributed by atoms with Crippen molar-refractivity contribution in [3.05, 3.63) is 40.7 Å².